The Morgan fingerprint density at radius 1 is 1.50 bits per heavy atom. The molecule has 0 saturated heterocycles. The van der Waals surface area contributed by atoms with Crippen LogP contribution in [0.1, 0.15) is 5.56 Å². The maximum Gasteiger partial charge on any atom is 0.160 e. The third-order valence-electron chi connectivity index (χ3n) is 2.04. The fraction of sp³-hybridized carbons (Fsp3) is 0.400. The van der Waals surface area contributed by atoms with Gasteiger partial charge in [-0.15, -0.1) is 0 Å². The second-order valence-electron chi connectivity index (χ2n) is 3.09. The first-order valence-electron chi connectivity index (χ1n) is 4.41. The Labute approximate surface area is 84.1 Å². The van der Waals surface area contributed by atoms with Crippen molar-refractivity contribution < 1.29 is 9.84 Å². The fourth-order valence-electron chi connectivity index (χ4n) is 1.19. The van der Waals surface area contributed by atoms with Crippen LogP contribution in [0, 0.1) is 0 Å². The van der Waals surface area contributed by atoms with Crippen molar-refractivity contribution in [2.45, 2.75) is 6.54 Å². The number of rotatable bonds is 4. The molecule has 0 heterocycles. The summed E-state index contributed by atoms with van der Waals surface area (Å²) in [5.41, 5.74) is 4.01. The van der Waals surface area contributed by atoms with Crippen molar-refractivity contribution in [3.8, 4) is 11.5 Å². The molecule has 14 heavy (non-hydrogen) atoms. The molecule has 0 spiro atoms. The molecular weight excluding hydrogens is 180 g/mol. The SMILES string of the molecule is CNN(C)Cc1ccc(OC)c(O)c1. The van der Waals surface area contributed by atoms with E-state index in [0.29, 0.717) is 5.75 Å². The predicted octanol–water partition coefficient (Wildman–Crippen LogP) is 0.967. The van der Waals surface area contributed by atoms with Crippen LogP contribution < -0.4 is 10.2 Å². The summed E-state index contributed by atoms with van der Waals surface area (Å²) in [6, 6.07) is 5.38. The molecule has 0 fully saturated rings. The highest BCUT2D eigenvalue weighted by Gasteiger charge is 2.03. The number of hydrogen-bond donors (Lipinski definition) is 2. The first-order chi connectivity index (χ1) is 6.67. The first-order valence-corrected chi connectivity index (χ1v) is 4.41. The summed E-state index contributed by atoms with van der Waals surface area (Å²) in [7, 11) is 5.32. The van der Waals surface area contributed by atoms with Crippen LogP contribution in [0.2, 0.25) is 0 Å². The molecule has 1 aromatic carbocycles. The zero-order valence-corrected chi connectivity index (χ0v) is 8.74. The number of methoxy groups -OCH3 is 1. The maximum atomic E-state index is 9.51. The number of benzene rings is 1. The molecule has 4 heteroatoms. The van der Waals surface area contributed by atoms with E-state index in [1.54, 1.807) is 12.1 Å². The average molecular weight is 196 g/mol. The van der Waals surface area contributed by atoms with Crippen LogP contribution in [0.3, 0.4) is 0 Å². The fourth-order valence-corrected chi connectivity index (χ4v) is 1.19. The Kier molecular flexibility index (Phi) is 3.73. The smallest absolute Gasteiger partial charge is 0.160 e. The van der Waals surface area contributed by atoms with Gasteiger partial charge in [-0.3, -0.25) is 5.43 Å². The lowest BCUT2D eigenvalue weighted by atomic mass is 10.2. The molecule has 0 bridgehead atoms. The number of hydrogen-bond acceptors (Lipinski definition) is 4. The molecule has 0 radical (unpaired) electrons. The van der Waals surface area contributed by atoms with E-state index in [1.807, 2.05) is 25.2 Å². The van der Waals surface area contributed by atoms with E-state index in [2.05, 4.69) is 5.43 Å². The average Bonchev–Trinajstić information content (AvgIpc) is 2.18. The van der Waals surface area contributed by atoms with Gasteiger partial charge in [0.2, 0.25) is 0 Å². The predicted molar refractivity (Wildman–Crippen MR) is 55.2 cm³/mol. The Balaban J connectivity index is 2.76. The molecule has 0 aliphatic carbocycles. The van der Waals surface area contributed by atoms with E-state index in [-0.39, 0.29) is 5.75 Å². The lowest BCUT2D eigenvalue weighted by Gasteiger charge is -2.15. The molecule has 0 aliphatic heterocycles. The van der Waals surface area contributed by atoms with Gasteiger partial charge in [-0.1, -0.05) is 6.07 Å². The lowest BCUT2D eigenvalue weighted by Crippen LogP contribution is -2.29. The highest BCUT2D eigenvalue weighted by molar-refractivity contribution is 5.41. The number of ether oxygens (including phenoxy) is 1. The normalized spacial score (nSPS) is 10.6. The number of nitrogens with one attached hydrogen (secondary N) is 1. The highest BCUT2D eigenvalue weighted by atomic mass is 16.5. The van der Waals surface area contributed by atoms with Crippen molar-refractivity contribution >= 4 is 0 Å². The summed E-state index contributed by atoms with van der Waals surface area (Å²) in [4.78, 5) is 0. The minimum atomic E-state index is 0.175. The van der Waals surface area contributed by atoms with E-state index in [0.717, 1.165) is 12.1 Å². The van der Waals surface area contributed by atoms with Gasteiger partial charge >= 0.3 is 0 Å². The second-order valence-corrected chi connectivity index (χ2v) is 3.09. The first kappa shape index (κ1) is 10.8. The number of phenolic OH excluding ortho intramolecular Hbond substituents is 1. The largest absolute Gasteiger partial charge is 0.504 e. The maximum absolute atomic E-state index is 9.51. The summed E-state index contributed by atoms with van der Waals surface area (Å²) >= 11 is 0. The lowest BCUT2D eigenvalue weighted by molar-refractivity contribution is 0.251. The van der Waals surface area contributed by atoms with Crippen molar-refractivity contribution in [3.05, 3.63) is 23.8 Å². The molecule has 4 nitrogen and oxygen atoms in total. The molecule has 0 amide bonds. The van der Waals surface area contributed by atoms with E-state index >= 15 is 0 Å². The van der Waals surface area contributed by atoms with Gasteiger partial charge in [0.1, 0.15) is 0 Å². The molecule has 0 atom stereocenters. The molecule has 78 valence electrons. The van der Waals surface area contributed by atoms with Crippen molar-refractivity contribution in [1.82, 2.24) is 10.4 Å². The standard InChI is InChI=1S/C10H16N2O2/c1-11-12(2)7-8-4-5-10(14-3)9(13)6-8/h4-6,11,13H,7H2,1-3H3. The zero-order chi connectivity index (χ0) is 10.6. The molecule has 0 aliphatic rings. The van der Waals surface area contributed by atoms with E-state index in [9.17, 15) is 5.11 Å². The number of phenols is 1. The van der Waals surface area contributed by atoms with E-state index in [4.69, 9.17) is 4.74 Å². The van der Waals surface area contributed by atoms with Crippen LogP contribution in [0.4, 0.5) is 0 Å². The summed E-state index contributed by atoms with van der Waals surface area (Å²) < 4.78 is 4.95. The highest BCUT2D eigenvalue weighted by Crippen LogP contribution is 2.26. The van der Waals surface area contributed by atoms with Crippen LogP contribution in [0.25, 0.3) is 0 Å². The Hall–Kier alpha value is -1.26. The zero-order valence-electron chi connectivity index (χ0n) is 8.74. The van der Waals surface area contributed by atoms with E-state index < -0.39 is 0 Å². The summed E-state index contributed by atoms with van der Waals surface area (Å²) in [6.07, 6.45) is 0. The van der Waals surface area contributed by atoms with Gasteiger partial charge in [0.15, 0.2) is 11.5 Å². The van der Waals surface area contributed by atoms with Gasteiger partial charge in [0, 0.05) is 13.6 Å². The molecule has 2 N–H and O–H groups in total. The Morgan fingerprint density at radius 2 is 2.21 bits per heavy atom. The van der Waals surface area contributed by atoms with E-state index in [1.165, 1.54) is 7.11 Å². The van der Waals surface area contributed by atoms with Crippen LogP contribution in [0.15, 0.2) is 18.2 Å². The Morgan fingerprint density at radius 3 is 2.71 bits per heavy atom. The molecule has 1 aromatic rings. The van der Waals surface area contributed by atoms with Crippen molar-refractivity contribution in [3.63, 3.8) is 0 Å². The second kappa shape index (κ2) is 4.83. The molecular formula is C10H16N2O2. The van der Waals surface area contributed by atoms with Crippen LogP contribution in [-0.2, 0) is 6.54 Å². The third-order valence-corrected chi connectivity index (χ3v) is 2.04. The van der Waals surface area contributed by atoms with Gasteiger partial charge in [0.25, 0.3) is 0 Å². The quantitative estimate of drug-likeness (QED) is 0.704. The minimum absolute atomic E-state index is 0.175. The van der Waals surface area contributed by atoms with Gasteiger partial charge in [-0.25, -0.2) is 5.01 Å². The van der Waals surface area contributed by atoms with Crippen molar-refractivity contribution in [2.24, 2.45) is 0 Å². The topological polar surface area (TPSA) is 44.7 Å². The van der Waals surface area contributed by atoms with Gasteiger partial charge < -0.3 is 9.84 Å². The monoisotopic (exact) mass is 196 g/mol. The van der Waals surface area contributed by atoms with Gasteiger partial charge in [-0.05, 0) is 24.7 Å². The summed E-state index contributed by atoms with van der Waals surface area (Å²) in [5, 5.41) is 11.4. The van der Waals surface area contributed by atoms with Gasteiger partial charge in [-0.2, -0.15) is 0 Å². The number of hydrazine groups is 1. The van der Waals surface area contributed by atoms with Crippen LogP contribution >= 0.6 is 0 Å². The van der Waals surface area contributed by atoms with Crippen LogP contribution in [0.5, 0.6) is 11.5 Å². The molecule has 1 rings (SSSR count). The molecule has 0 saturated carbocycles. The number of nitrogens with zero attached hydrogens (tertiary/aromatic N) is 1. The van der Waals surface area contributed by atoms with Crippen molar-refractivity contribution in [1.29, 1.82) is 0 Å². The summed E-state index contributed by atoms with van der Waals surface area (Å²) in [5.74, 6) is 0.676. The number of aromatic hydroxyl groups is 1. The third kappa shape index (κ3) is 2.61. The molecule has 0 aromatic heterocycles. The van der Waals surface area contributed by atoms with Gasteiger partial charge in [0.05, 0.1) is 7.11 Å². The minimum Gasteiger partial charge on any atom is -0.504 e. The molecule has 0 unspecified atom stereocenters. The van der Waals surface area contributed by atoms with Crippen molar-refractivity contribution in [2.75, 3.05) is 21.2 Å². The Bertz CT molecular complexity index is 302. The van der Waals surface area contributed by atoms with Crippen LogP contribution in [-0.4, -0.2) is 31.3 Å². The summed E-state index contributed by atoms with van der Waals surface area (Å²) in [6.45, 7) is 0.730.